The highest BCUT2D eigenvalue weighted by atomic mass is 16.3. The molecule has 0 aliphatic heterocycles. The Morgan fingerprint density at radius 3 is 2.74 bits per heavy atom. The fraction of sp³-hybridized carbons (Fsp3) is 0.571. The van der Waals surface area contributed by atoms with Gasteiger partial charge >= 0.3 is 0 Å². The van der Waals surface area contributed by atoms with Gasteiger partial charge in [-0.25, -0.2) is 0 Å². The number of nitrogens with one attached hydrogen (secondary N) is 2. The SMILES string of the molecule is CC1CCC(O)(CNC(=O)c2ccc(=O)[nH]c2)CC1. The van der Waals surface area contributed by atoms with Gasteiger partial charge in [0.05, 0.1) is 11.2 Å². The molecule has 5 nitrogen and oxygen atoms in total. The summed E-state index contributed by atoms with van der Waals surface area (Å²) in [5.74, 6) is 0.374. The van der Waals surface area contributed by atoms with Gasteiger partial charge in [-0.05, 0) is 37.7 Å². The molecule has 1 aromatic heterocycles. The van der Waals surface area contributed by atoms with Crippen molar-refractivity contribution in [1.82, 2.24) is 10.3 Å². The first-order chi connectivity index (χ1) is 8.98. The number of hydrogen-bond donors (Lipinski definition) is 3. The molecular weight excluding hydrogens is 244 g/mol. The summed E-state index contributed by atoms with van der Waals surface area (Å²) in [6, 6.07) is 2.78. The third-order valence-electron chi connectivity index (χ3n) is 3.83. The van der Waals surface area contributed by atoms with Crippen molar-refractivity contribution in [2.75, 3.05) is 6.54 Å². The molecule has 1 aliphatic carbocycles. The van der Waals surface area contributed by atoms with Gasteiger partial charge in [-0.2, -0.15) is 0 Å². The molecule has 0 atom stereocenters. The minimum Gasteiger partial charge on any atom is -0.388 e. The number of aromatic amines is 1. The molecule has 1 amide bonds. The van der Waals surface area contributed by atoms with Gasteiger partial charge in [0.15, 0.2) is 0 Å². The topological polar surface area (TPSA) is 82.2 Å². The number of carbonyl (C=O) groups excluding carboxylic acids is 1. The molecule has 1 fully saturated rings. The summed E-state index contributed by atoms with van der Waals surface area (Å²) in [7, 11) is 0. The van der Waals surface area contributed by atoms with Gasteiger partial charge in [0, 0.05) is 18.8 Å². The second-order valence-corrected chi connectivity index (χ2v) is 5.53. The van der Waals surface area contributed by atoms with Crippen LogP contribution in [0, 0.1) is 5.92 Å². The normalized spacial score (nSPS) is 26.9. The van der Waals surface area contributed by atoms with Crippen LogP contribution in [0.3, 0.4) is 0 Å². The average molecular weight is 264 g/mol. The van der Waals surface area contributed by atoms with E-state index in [4.69, 9.17) is 0 Å². The lowest BCUT2D eigenvalue weighted by Crippen LogP contribution is -2.45. The van der Waals surface area contributed by atoms with Crippen LogP contribution in [0.1, 0.15) is 43.0 Å². The van der Waals surface area contributed by atoms with Gasteiger partial charge in [0.2, 0.25) is 5.56 Å². The summed E-state index contributed by atoms with van der Waals surface area (Å²) in [6.45, 7) is 2.44. The molecule has 0 saturated heterocycles. The number of aromatic nitrogens is 1. The maximum atomic E-state index is 11.9. The van der Waals surface area contributed by atoms with Crippen LogP contribution in [-0.4, -0.2) is 28.1 Å². The number of pyridine rings is 1. The molecule has 0 spiro atoms. The monoisotopic (exact) mass is 264 g/mol. The first-order valence-electron chi connectivity index (χ1n) is 6.68. The van der Waals surface area contributed by atoms with E-state index in [0.717, 1.165) is 25.7 Å². The van der Waals surface area contributed by atoms with Crippen molar-refractivity contribution in [3.05, 3.63) is 34.2 Å². The van der Waals surface area contributed by atoms with E-state index in [-0.39, 0.29) is 18.0 Å². The summed E-state index contributed by atoms with van der Waals surface area (Å²) >= 11 is 0. The third kappa shape index (κ3) is 3.67. The summed E-state index contributed by atoms with van der Waals surface area (Å²) < 4.78 is 0. The van der Waals surface area contributed by atoms with E-state index in [2.05, 4.69) is 17.2 Å². The number of amides is 1. The smallest absolute Gasteiger partial charge is 0.252 e. The number of aliphatic hydroxyl groups is 1. The van der Waals surface area contributed by atoms with E-state index in [9.17, 15) is 14.7 Å². The molecule has 1 aliphatic rings. The Labute approximate surface area is 112 Å². The standard InChI is InChI=1S/C14H20N2O3/c1-10-4-6-14(19,7-5-10)9-16-13(18)11-2-3-12(17)15-8-11/h2-3,8,10,19H,4-7,9H2,1H3,(H,15,17)(H,16,18). The van der Waals surface area contributed by atoms with Gasteiger partial charge in [-0.15, -0.1) is 0 Å². The minimum atomic E-state index is -0.787. The van der Waals surface area contributed by atoms with E-state index in [0.29, 0.717) is 11.5 Å². The zero-order valence-corrected chi connectivity index (χ0v) is 11.1. The van der Waals surface area contributed by atoms with Crippen molar-refractivity contribution in [1.29, 1.82) is 0 Å². The van der Waals surface area contributed by atoms with Crippen molar-refractivity contribution in [2.24, 2.45) is 5.92 Å². The Bertz CT molecular complexity index is 481. The summed E-state index contributed by atoms with van der Waals surface area (Å²) in [6.07, 6.45) is 4.81. The fourth-order valence-electron chi connectivity index (χ4n) is 2.37. The summed E-state index contributed by atoms with van der Waals surface area (Å²) in [5, 5.41) is 13.1. The molecule has 0 unspecified atom stereocenters. The molecule has 1 heterocycles. The second-order valence-electron chi connectivity index (χ2n) is 5.53. The largest absolute Gasteiger partial charge is 0.388 e. The number of carbonyl (C=O) groups is 1. The molecule has 1 aromatic rings. The van der Waals surface area contributed by atoms with Crippen LogP contribution in [0.5, 0.6) is 0 Å². The van der Waals surface area contributed by atoms with Crippen LogP contribution < -0.4 is 10.9 Å². The lowest BCUT2D eigenvalue weighted by atomic mass is 9.79. The predicted molar refractivity (Wildman–Crippen MR) is 72.0 cm³/mol. The lowest BCUT2D eigenvalue weighted by molar-refractivity contribution is -0.00540. The van der Waals surface area contributed by atoms with E-state index < -0.39 is 5.60 Å². The highest BCUT2D eigenvalue weighted by molar-refractivity contribution is 5.93. The maximum absolute atomic E-state index is 11.9. The van der Waals surface area contributed by atoms with Gasteiger partial charge in [-0.3, -0.25) is 9.59 Å². The van der Waals surface area contributed by atoms with E-state index in [1.165, 1.54) is 18.3 Å². The Morgan fingerprint density at radius 1 is 1.47 bits per heavy atom. The molecule has 3 N–H and O–H groups in total. The van der Waals surface area contributed by atoms with E-state index in [1.54, 1.807) is 0 Å². The molecule has 19 heavy (non-hydrogen) atoms. The lowest BCUT2D eigenvalue weighted by Gasteiger charge is -2.34. The maximum Gasteiger partial charge on any atom is 0.252 e. The number of H-pyrrole nitrogens is 1. The van der Waals surface area contributed by atoms with E-state index >= 15 is 0 Å². The molecule has 2 rings (SSSR count). The fourth-order valence-corrected chi connectivity index (χ4v) is 2.37. The Balaban J connectivity index is 1.89. The van der Waals surface area contributed by atoms with Crippen LogP contribution in [0.2, 0.25) is 0 Å². The molecule has 0 radical (unpaired) electrons. The van der Waals surface area contributed by atoms with Crippen molar-refractivity contribution < 1.29 is 9.90 Å². The summed E-state index contributed by atoms with van der Waals surface area (Å²) in [4.78, 5) is 25.2. The highest BCUT2D eigenvalue weighted by Gasteiger charge is 2.32. The van der Waals surface area contributed by atoms with Gasteiger partial charge in [-0.1, -0.05) is 6.92 Å². The van der Waals surface area contributed by atoms with Crippen molar-refractivity contribution in [2.45, 2.75) is 38.2 Å². The zero-order chi connectivity index (χ0) is 13.9. The number of hydrogen-bond acceptors (Lipinski definition) is 3. The quantitative estimate of drug-likeness (QED) is 0.763. The third-order valence-corrected chi connectivity index (χ3v) is 3.83. The molecule has 104 valence electrons. The van der Waals surface area contributed by atoms with Crippen molar-refractivity contribution in [3.8, 4) is 0 Å². The van der Waals surface area contributed by atoms with Crippen LogP contribution in [0.25, 0.3) is 0 Å². The minimum absolute atomic E-state index is 0.239. The zero-order valence-electron chi connectivity index (χ0n) is 11.1. The van der Waals surface area contributed by atoms with Crippen LogP contribution in [0.4, 0.5) is 0 Å². The predicted octanol–water partition coefficient (Wildman–Crippen LogP) is 1.05. The molecule has 0 aromatic carbocycles. The number of rotatable bonds is 3. The second kappa shape index (κ2) is 5.57. The Hall–Kier alpha value is -1.62. The van der Waals surface area contributed by atoms with Gasteiger partial charge in [0.1, 0.15) is 0 Å². The molecule has 5 heteroatoms. The molecule has 1 saturated carbocycles. The Kier molecular flexibility index (Phi) is 4.04. The van der Waals surface area contributed by atoms with Crippen molar-refractivity contribution >= 4 is 5.91 Å². The Morgan fingerprint density at radius 2 is 2.16 bits per heavy atom. The van der Waals surface area contributed by atoms with Gasteiger partial charge in [0.25, 0.3) is 5.91 Å². The molecule has 0 bridgehead atoms. The van der Waals surface area contributed by atoms with Crippen LogP contribution in [0.15, 0.2) is 23.1 Å². The van der Waals surface area contributed by atoms with Crippen molar-refractivity contribution in [3.63, 3.8) is 0 Å². The first kappa shape index (κ1) is 13.8. The summed E-state index contributed by atoms with van der Waals surface area (Å²) in [5.41, 5.74) is -0.631. The average Bonchev–Trinajstić information content (AvgIpc) is 2.41. The van der Waals surface area contributed by atoms with Crippen LogP contribution >= 0.6 is 0 Å². The molecular formula is C14H20N2O3. The first-order valence-corrected chi connectivity index (χ1v) is 6.68. The van der Waals surface area contributed by atoms with E-state index in [1.807, 2.05) is 0 Å². The van der Waals surface area contributed by atoms with Crippen LogP contribution in [-0.2, 0) is 0 Å². The van der Waals surface area contributed by atoms with Gasteiger partial charge < -0.3 is 15.4 Å². The highest BCUT2D eigenvalue weighted by Crippen LogP contribution is 2.31.